The maximum atomic E-state index is 10.5. The van der Waals surface area contributed by atoms with E-state index in [0.717, 1.165) is 22.6 Å². The minimum absolute atomic E-state index is 0.0764. The molecule has 3 rings (SSSR count). The van der Waals surface area contributed by atoms with Gasteiger partial charge in [0.1, 0.15) is 18.0 Å². The highest BCUT2D eigenvalue weighted by Gasteiger charge is 2.41. The van der Waals surface area contributed by atoms with Crippen molar-refractivity contribution in [3.05, 3.63) is 41.1 Å². The summed E-state index contributed by atoms with van der Waals surface area (Å²) < 4.78 is 19.1. The third-order valence-corrected chi connectivity index (χ3v) is 5.80. The monoisotopic (exact) mass is 494 g/mol. The van der Waals surface area contributed by atoms with Crippen molar-refractivity contribution in [2.75, 3.05) is 13.2 Å². The van der Waals surface area contributed by atoms with Gasteiger partial charge in [0.25, 0.3) is 0 Å². The maximum absolute atomic E-state index is 10.5. The van der Waals surface area contributed by atoms with E-state index in [1.54, 1.807) is 0 Å². The van der Waals surface area contributed by atoms with Crippen molar-refractivity contribution in [2.45, 2.75) is 91.6 Å². The molecular weight excluding hydrogens is 452 g/mol. The van der Waals surface area contributed by atoms with Crippen LogP contribution in [-0.4, -0.2) is 74.1 Å². The fraction of sp³-hybridized carbons (Fsp3) is 0.654. The normalized spacial score (nSPS) is 24.7. The van der Waals surface area contributed by atoms with Crippen LogP contribution in [0.25, 0.3) is 0 Å². The fourth-order valence-electron chi connectivity index (χ4n) is 3.92. The molecule has 4 N–H and O–H groups in total. The fourth-order valence-corrected chi connectivity index (χ4v) is 3.92. The number of aromatic nitrogens is 2. The molecule has 0 radical (unpaired) electrons. The van der Waals surface area contributed by atoms with E-state index in [4.69, 9.17) is 14.2 Å². The molecule has 1 fully saturated rings. The first-order chi connectivity index (χ1) is 16.6. The van der Waals surface area contributed by atoms with Gasteiger partial charge in [0, 0.05) is 29.6 Å². The lowest BCUT2D eigenvalue weighted by Crippen LogP contribution is -2.47. The van der Waals surface area contributed by atoms with Crippen LogP contribution in [0, 0.1) is 12.8 Å². The maximum Gasteiger partial charge on any atom is 0.239 e. The molecule has 1 aliphatic heterocycles. The molecule has 9 heteroatoms. The van der Waals surface area contributed by atoms with Gasteiger partial charge >= 0.3 is 0 Å². The van der Waals surface area contributed by atoms with Crippen LogP contribution in [0.1, 0.15) is 64.4 Å². The summed E-state index contributed by atoms with van der Waals surface area (Å²) >= 11 is 0. The van der Waals surface area contributed by atoms with Crippen LogP contribution >= 0.6 is 0 Å². The van der Waals surface area contributed by atoms with Crippen LogP contribution < -0.4 is 9.47 Å². The third kappa shape index (κ3) is 7.17. The van der Waals surface area contributed by atoms with Crippen molar-refractivity contribution in [1.29, 1.82) is 0 Å². The Labute approximate surface area is 208 Å². The summed E-state index contributed by atoms with van der Waals surface area (Å²) in [5.41, 5.74) is 2.77. The number of hydrogen-bond acceptors (Lipinski definition) is 8. The number of nitrogens with zero attached hydrogens (tertiary/aromatic N) is 2. The lowest BCUT2D eigenvalue weighted by atomic mass is 9.97. The van der Waals surface area contributed by atoms with Gasteiger partial charge in [-0.25, -0.2) is 0 Å². The standard InChI is InChI=1S/C24H36N2O7.C2H6/c1-13(2)26-15(5)19(10-16-6-8-18(9-7-16)32-14(3)4)23(25-26)33-24-22(30)21(29)20(28)17(11-27)12-31-24;1-2/h6-9,13-14,17,20-22,24,27-30H,10-12H2,1-5H3;1-2H3/t17?,20-,21+,22?,24+;/m1./s1. The lowest BCUT2D eigenvalue weighted by Gasteiger charge is -2.25. The van der Waals surface area contributed by atoms with Crippen LogP contribution in [0.4, 0.5) is 0 Å². The Morgan fingerprint density at radius 3 is 2.20 bits per heavy atom. The highest BCUT2D eigenvalue weighted by Crippen LogP contribution is 2.30. The Balaban J connectivity index is 0.00000210. The average molecular weight is 495 g/mol. The smallest absolute Gasteiger partial charge is 0.239 e. The highest BCUT2D eigenvalue weighted by molar-refractivity contribution is 5.38. The predicted octanol–water partition coefficient (Wildman–Crippen LogP) is 2.60. The molecule has 198 valence electrons. The van der Waals surface area contributed by atoms with Gasteiger partial charge in [-0.1, -0.05) is 26.0 Å². The summed E-state index contributed by atoms with van der Waals surface area (Å²) in [6, 6.07) is 7.88. The van der Waals surface area contributed by atoms with Gasteiger partial charge in [0.05, 0.1) is 25.4 Å². The van der Waals surface area contributed by atoms with Gasteiger partial charge in [-0.2, -0.15) is 0 Å². The average Bonchev–Trinajstić information content (AvgIpc) is 3.09. The summed E-state index contributed by atoms with van der Waals surface area (Å²) in [5, 5.41) is 45.1. The van der Waals surface area contributed by atoms with Crippen LogP contribution in [0.3, 0.4) is 0 Å². The molecule has 0 amide bonds. The van der Waals surface area contributed by atoms with Gasteiger partial charge in [0.2, 0.25) is 12.2 Å². The Bertz CT molecular complexity index is 898. The molecule has 1 aromatic heterocycles. The van der Waals surface area contributed by atoms with Crippen molar-refractivity contribution < 1.29 is 34.6 Å². The zero-order valence-electron chi connectivity index (χ0n) is 21.9. The number of hydrogen-bond donors (Lipinski definition) is 4. The van der Waals surface area contributed by atoms with Gasteiger partial charge in [0.15, 0.2) is 0 Å². The highest BCUT2D eigenvalue weighted by atomic mass is 16.7. The topological polar surface area (TPSA) is 126 Å². The summed E-state index contributed by atoms with van der Waals surface area (Å²) in [6.45, 7) is 13.5. The largest absolute Gasteiger partial charge is 0.491 e. The summed E-state index contributed by atoms with van der Waals surface area (Å²) in [7, 11) is 0. The van der Waals surface area contributed by atoms with E-state index in [0.29, 0.717) is 6.42 Å². The van der Waals surface area contributed by atoms with E-state index in [1.165, 1.54) is 0 Å². The van der Waals surface area contributed by atoms with E-state index >= 15 is 0 Å². The third-order valence-electron chi connectivity index (χ3n) is 5.80. The number of ether oxygens (including phenoxy) is 3. The Morgan fingerprint density at radius 1 is 1.03 bits per heavy atom. The summed E-state index contributed by atoms with van der Waals surface area (Å²) in [4.78, 5) is 0. The number of aliphatic hydroxyl groups excluding tert-OH is 4. The molecule has 0 spiro atoms. The van der Waals surface area contributed by atoms with Crippen LogP contribution in [0.15, 0.2) is 24.3 Å². The second-order valence-corrected chi connectivity index (χ2v) is 9.13. The van der Waals surface area contributed by atoms with Gasteiger partial charge < -0.3 is 34.6 Å². The van der Waals surface area contributed by atoms with Crippen molar-refractivity contribution in [2.24, 2.45) is 5.92 Å². The van der Waals surface area contributed by atoms with Crippen molar-refractivity contribution in [1.82, 2.24) is 9.78 Å². The second-order valence-electron chi connectivity index (χ2n) is 9.13. The van der Waals surface area contributed by atoms with E-state index in [2.05, 4.69) is 5.10 Å². The molecule has 2 unspecified atom stereocenters. The molecule has 5 atom stereocenters. The molecule has 9 nitrogen and oxygen atoms in total. The summed E-state index contributed by atoms with van der Waals surface area (Å²) in [6.07, 6.45) is -5.00. The first kappa shape index (κ1) is 29.1. The zero-order valence-corrected chi connectivity index (χ0v) is 21.9. The number of benzene rings is 1. The molecular formula is C26H42N2O7. The Morgan fingerprint density at radius 2 is 1.66 bits per heavy atom. The van der Waals surface area contributed by atoms with Crippen LogP contribution in [0.5, 0.6) is 11.6 Å². The quantitative estimate of drug-likeness (QED) is 0.441. The predicted molar refractivity (Wildman–Crippen MR) is 133 cm³/mol. The molecule has 1 aromatic carbocycles. The number of aliphatic hydroxyl groups is 4. The van der Waals surface area contributed by atoms with Gasteiger partial charge in [-0.15, -0.1) is 5.10 Å². The molecule has 2 aromatic rings. The SMILES string of the molecule is CC.Cc1c(Cc2ccc(OC(C)C)cc2)c(O[C@@H]2OCC(CO)[C@@H](O)[C@H](O)C2O)nn1C(C)C. The molecule has 0 aliphatic carbocycles. The molecule has 1 aliphatic rings. The molecule has 0 saturated carbocycles. The molecule has 35 heavy (non-hydrogen) atoms. The summed E-state index contributed by atoms with van der Waals surface area (Å²) in [5.74, 6) is 0.349. The minimum atomic E-state index is -1.53. The Hall–Kier alpha value is -2.17. The first-order valence-electron chi connectivity index (χ1n) is 12.4. The van der Waals surface area contributed by atoms with E-state index < -0.39 is 30.5 Å². The first-order valence-corrected chi connectivity index (χ1v) is 12.4. The van der Waals surface area contributed by atoms with Crippen molar-refractivity contribution in [3.63, 3.8) is 0 Å². The van der Waals surface area contributed by atoms with Gasteiger partial charge in [-0.3, -0.25) is 4.68 Å². The van der Waals surface area contributed by atoms with Crippen LogP contribution in [0.2, 0.25) is 0 Å². The van der Waals surface area contributed by atoms with Crippen molar-refractivity contribution >= 4 is 0 Å². The van der Waals surface area contributed by atoms with E-state index in [9.17, 15) is 20.4 Å². The molecule has 2 heterocycles. The molecule has 0 bridgehead atoms. The zero-order chi connectivity index (χ0) is 26.3. The lowest BCUT2D eigenvalue weighted by molar-refractivity contribution is -0.168. The van der Waals surface area contributed by atoms with Crippen molar-refractivity contribution in [3.8, 4) is 11.6 Å². The van der Waals surface area contributed by atoms with Crippen LogP contribution in [-0.2, 0) is 11.2 Å². The number of rotatable bonds is 8. The molecule has 1 saturated heterocycles. The minimum Gasteiger partial charge on any atom is -0.491 e. The van der Waals surface area contributed by atoms with E-state index in [1.807, 2.05) is 77.4 Å². The van der Waals surface area contributed by atoms with E-state index in [-0.39, 0.29) is 31.2 Å². The Kier molecular flexibility index (Phi) is 11.0. The van der Waals surface area contributed by atoms with Gasteiger partial charge in [-0.05, 0) is 52.3 Å². The second kappa shape index (κ2) is 13.2.